The average molecular weight is 460 g/mol. The van der Waals surface area contributed by atoms with Crippen molar-refractivity contribution in [1.29, 1.82) is 0 Å². The molecule has 1 unspecified atom stereocenters. The Morgan fingerprint density at radius 1 is 0.933 bits per heavy atom. The van der Waals surface area contributed by atoms with Crippen molar-refractivity contribution in [1.82, 2.24) is 9.78 Å². The van der Waals surface area contributed by atoms with Crippen LogP contribution in [-0.2, 0) is 4.79 Å². The van der Waals surface area contributed by atoms with Gasteiger partial charge in [0.1, 0.15) is 17.3 Å². The van der Waals surface area contributed by atoms with Crippen LogP contribution in [-0.4, -0.2) is 15.7 Å². The SMILES string of the molecule is O=C1CC(c2ccc(Oc3ccccc3)cc2)c2cnn(-c3ccc(Br)cc3)c2N1. The molecule has 0 aliphatic carbocycles. The van der Waals surface area contributed by atoms with E-state index in [2.05, 4.69) is 26.3 Å². The fourth-order valence-corrected chi connectivity index (χ4v) is 3.95. The van der Waals surface area contributed by atoms with Crippen molar-refractivity contribution >= 4 is 27.7 Å². The second kappa shape index (κ2) is 7.80. The van der Waals surface area contributed by atoms with Crippen LogP contribution in [0.25, 0.3) is 5.69 Å². The lowest BCUT2D eigenvalue weighted by molar-refractivity contribution is -0.116. The number of hydrogen-bond donors (Lipinski definition) is 1. The highest BCUT2D eigenvalue weighted by atomic mass is 79.9. The zero-order chi connectivity index (χ0) is 20.5. The third-order valence-corrected chi connectivity index (χ3v) is 5.68. The number of nitrogens with one attached hydrogen (secondary N) is 1. The van der Waals surface area contributed by atoms with Gasteiger partial charge in [0.2, 0.25) is 5.91 Å². The first-order valence-electron chi connectivity index (χ1n) is 9.64. The highest BCUT2D eigenvalue weighted by Gasteiger charge is 2.30. The lowest BCUT2D eigenvalue weighted by atomic mass is 9.87. The molecule has 0 saturated heterocycles. The van der Waals surface area contributed by atoms with Gasteiger partial charge in [-0.15, -0.1) is 0 Å². The molecule has 30 heavy (non-hydrogen) atoms. The first kappa shape index (κ1) is 18.6. The minimum atomic E-state index is -0.0521. The number of halogens is 1. The van der Waals surface area contributed by atoms with Crippen LogP contribution in [0.3, 0.4) is 0 Å². The van der Waals surface area contributed by atoms with Gasteiger partial charge in [-0.2, -0.15) is 5.10 Å². The van der Waals surface area contributed by atoms with Crippen molar-refractivity contribution in [3.63, 3.8) is 0 Å². The van der Waals surface area contributed by atoms with Crippen LogP contribution < -0.4 is 10.1 Å². The summed E-state index contributed by atoms with van der Waals surface area (Å²) in [6.45, 7) is 0. The third-order valence-electron chi connectivity index (χ3n) is 5.15. The zero-order valence-electron chi connectivity index (χ0n) is 16.0. The van der Waals surface area contributed by atoms with Gasteiger partial charge >= 0.3 is 0 Å². The van der Waals surface area contributed by atoms with Gasteiger partial charge in [-0.3, -0.25) is 4.79 Å². The maximum atomic E-state index is 12.5. The summed E-state index contributed by atoms with van der Waals surface area (Å²) in [7, 11) is 0. The molecule has 1 amide bonds. The Balaban J connectivity index is 1.45. The molecule has 0 fully saturated rings. The van der Waals surface area contributed by atoms with Crippen LogP contribution in [0.5, 0.6) is 11.5 Å². The third kappa shape index (κ3) is 3.62. The fraction of sp³-hybridized carbons (Fsp3) is 0.0833. The lowest BCUT2D eigenvalue weighted by Crippen LogP contribution is -2.24. The van der Waals surface area contributed by atoms with E-state index in [9.17, 15) is 4.79 Å². The van der Waals surface area contributed by atoms with Gasteiger partial charge in [0.15, 0.2) is 0 Å². The second-order valence-electron chi connectivity index (χ2n) is 7.13. The number of fused-ring (bicyclic) bond motifs is 1. The Kier molecular flexibility index (Phi) is 4.85. The number of anilines is 1. The summed E-state index contributed by atoms with van der Waals surface area (Å²) in [6, 6.07) is 25.4. The highest BCUT2D eigenvalue weighted by molar-refractivity contribution is 9.10. The Bertz CT molecular complexity index is 1190. The minimum Gasteiger partial charge on any atom is -0.457 e. The summed E-state index contributed by atoms with van der Waals surface area (Å²) in [5, 5.41) is 7.53. The number of carbonyl (C=O) groups is 1. The molecular formula is C24H18BrN3O2. The summed E-state index contributed by atoms with van der Waals surface area (Å²) in [5.74, 6) is 2.21. The Hall–Kier alpha value is -3.38. The molecule has 0 bridgehead atoms. The molecule has 3 aromatic carbocycles. The van der Waals surface area contributed by atoms with E-state index in [0.29, 0.717) is 6.42 Å². The van der Waals surface area contributed by atoms with Gasteiger partial charge in [-0.25, -0.2) is 4.68 Å². The Morgan fingerprint density at radius 2 is 1.63 bits per heavy atom. The van der Waals surface area contributed by atoms with Gasteiger partial charge in [0.05, 0.1) is 11.9 Å². The predicted molar refractivity (Wildman–Crippen MR) is 119 cm³/mol. The number of benzene rings is 3. The number of hydrogen-bond acceptors (Lipinski definition) is 3. The molecular weight excluding hydrogens is 442 g/mol. The minimum absolute atomic E-state index is 0.0176. The standard InChI is InChI=1S/C24H18BrN3O2/c25-17-8-10-18(11-9-17)28-24-22(15-26-28)21(14-23(29)27-24)16-6-12-20(13-7-16)30-19-4-2-1-3-5-19/h1-13,15,21H,14H2,(H,27,29). The van der Waals surface area contributed by atoms with Crippen LogP contribution in [0.2, 0.25) is 0 Å². The molecule has 0 saturated carbocycles. The molecule has 1 aliphatic heterocycles. The smallest absolute Gasteiger partial charge is 0.226 e. The van der Waals surface area contributed by atoms with E-state index in [-0.39, 0.29) is 11.8 Å². The maximum absolute atomic E-state index is 12.5. The summed E-state index contributed by atoms with van der Waals surface area (Å²) in [5.41, 5.74) is 2.96. The van der Waals surface area contributed by atoms with Crippen molar-refractivity contribution in [2.45, 2.75) is 12.3 Å². The van der Waals surface area contributed by atoms with Gasteiger partial charge in [-0.1, -0.05) is 46.3 Å². The molecule has 6 heteroatoms. The van der Waals surface area contributed by atoms with Crippen LogP contribution >= 0.6 is 15.9 Å². The molecule has 0 radical (unpaired) electrons. The fourth-order valence-electron chi connectivity index (χ4n) is 3.69. The quantitative estimate of drug-likeness (QED) is 0.413. The first-order valence-corrected chi connectivity index (χ1v) is 10.4. The molecule has 1 atom stereocenters. The Labute approximate surface area is 182 Å². The molecule has 5 nitrogen and oxygen atoms in total. The molecule has 2 heterocycles. The molecule has 1 aromatic heterocycles. The van der Waals surface area contributed by atoms with Crippen molar-refractivity contribution in [3.8, 4) is 17.2 Å². The second-order valence-corrected chi connectivity index (χ2v) is 8.04. The molecule has 5 rings (SSSR count). The van der Waals surface area contributed by atoms with Crippen molar-refractivity contribution in [3.05, 3.63) is 101 Å². The van der Waals surface area contributed by atoms with E-state index in [1.165, 1.54) is 0 Å². The van der Waals surface area contributed by atoms with Gasteiger partial charge in [0, 0.05) is 22.4 Å². The van der Waals surface area contributed by atoms with Gasteiger partial charge in [-0.05, 0) is 54.1 Å². The number of aromatic nitrogens is 2. The number of amides is 1. The van der Waals surface area contributed by atoms with E-state index in [1.54, 1.807) is 4.68 Å². The van der Waals surface area contributed by atoms with Crippen LogP contribution in [0.15, 0.2) is 89.5 Å². The summed E-state index contributed by atoms with van der Waals surface area (Å²) >= 11 is 3.45. The monoisotopic (exact) mass is 459 g/mol. The molecule has 4 aromatic rings. The normalized spacial score (nSPS) is 15.4. The number of para-hydroxylation sites is 1. The summed E-state index contributed by atoms with van der Waals surface area (Å²) < 4.78 is 8.65. The van der Waals surface area contributed by atoms with Crippen molar-refractivity contribution < 1.29 is 9.53 Å². The van der Waals surface area contributed by atoms with Gasteiger partial charge in [0.25, 0.3) is 0 Å². The van der Waals surface area contributed by atoms with Crippen LogP contribution in [0.4, 0.5) is 5.82 Å². The van der Waals surface area contributed by atoms with E-state index in [4.69, 9.17) is 4.74 Å². The number of carbonyl (C=O) groups excluding carboxylic acids is 1. The molecule has 1 N–H and O–H groups in total. The van der Waals surface area contributed by atoms with E-state index in [0.717, 1.165) is 38.6 Å². The maximum Gasteiger partial charge on any atom is 0.226 e. The summed E-state index contributed by atoms with van der Waals surface area (Å²) in [6.07, 6.45) is 2.23. The van der Waals surface area contributed by atoms with E-state index in [1.807, 2.05) is 85.1 Å². The Morgan fingerprint density at radius 3 is 2.37 bits per heavy atom. The van der Waals surface area contributed by atoms with Crippen molar-refractivity contribution in [2.24, 2.45) is 0 Å². The van der Waals surface area contributed by atoms with Crippen LogP contribution in [0.1, 0.15) is 23.5 Å². The number of ether oxygens (including phenoxy) is 1. The molecule has 0 spiro atoms. The first-order chi connectivity index (χ1) is 14.7. The topological polar surface area (TPSA) is 56.1 Å². The number of rotatable bonds is 4. The molecule has 1 aliphatic rings. The van der Waals surface area contributed by atoms with Gasteiger partial charge < -0.3 is 10.1 Å². The van der Waals surface area contributed by atoms with E-state index < -0.39 is 0 Å². The van der Waals surface area contributed by atoms with Crippen LogP contribution in [0, 0.1) is 0 Å². The zero-order valence-corrected chi connectivity index (χ0v) is 17.5. The average Bonchev–Trinajstić information content (AvgIpc) is 3.19. The summed E-state index contributed by atoms with van der Waals surface area (Å²) in [4.78, 5) is 12.5. The van der Waals surface area contributed by atoms with Crippen molar-refractivity contribution in [2.75, 3.05) is 5.32 Å². The highest BCUT2D eigenvalue weighted by Crippen LogP contribution is 2.38. The lowest BCUT2D eigenvalue weighted by Gasteiger charge is -2.24. The molecule has 148 valence electrons. The van der Waals surface area contributed by atoms with E-state index >= 15 is 0 Å². The predicted octanol–water partition coefficient (Wildman–Crippen LogP) is 5.90. The number of nitrogens with zero attached hydrogens (tertiary/aromatic N) is 2. The largest absolute Gasteiger partial charge is 0.457 e.